The third kappa shape index (κ3) is 7.08. The first-order valence-electron chi connectivity index (χ1n) is 9.68. The molecule has 0 unspecified atom stereocenters. The van der Waals surface area contributed by atoms with Gasteiger partial charge in [-0.25, -0.2) is 9.97 Å². The molecule has 0 saturated carbocycles. The molecule has 4 nitrogen and oxygen atoms in total. The molecule has 0 atom stereocenters. The average Bonchev–Trinajstić information content (AvgIpc) is 2.82. The van der Waals surface area contributed by atoms with Crippen molar-refractivity contribution in [1.29, 1.82) is 0 Å². The topological polar surface area (TPSA) is 65.9 Å². The number of hydrogen-bond acceptors (Lipinski definition) is 5. The Balaban J connectivity index is 0.000000196. The number of aliphatic carboxylic acids is 1. The summed E-state index contributed by atoms with van der Waals surface area (Å²) in [6, 6.07) is 34.6. The molecule has 0 saturated heterocycles. The van der Waals surface area contributed by atoms with Crippen LogP contribution in [0.15, 0.2) is 109 Å². The molecule has 0 aliphatic rings. The third-order valence-electron chi connectivity index (χ3n) is 4.31. The average molecular weight is 531 g/mol. The number of carbonyl (C=O) groups excluding carboxylic acids is 1. The van der Waals surface area contributed by atoms with E-state index in [0.717, 1.165) is 0 Å². The number of carboxylic acids is 1. The van der Waals surface area contributed by atoms with Crippen LogP contribution in [-0.4, -0.2) is 40.6 Å². The number of rotatable bonds is 6. The van der Waals surface area contributed by atoms with Crippen LogP contribution in [0.2, 0.25) is 0 Å². The Morgan fingerprint density at radius 2 is 1.10 bits per heavy atom. The van der Waals surface area contributed by atoms with Gasteiger partial charge in [0.2, 0.25) is 0 Å². The first-order chi connectivity index (χ1) is 15.1. The van der Waals surface area contributed by atoms with E-state index in [1.807, 2.05) is 0 Å². The van der Waals surface area contributed by atoms with Crippen LogP contribution in [0.25, 0.3) is 0 Å². The number of thiocarbonyl (C=S) groups is 1. The standard InChI is InChI=1S/C7H6N2O2S.3C6H5.Sn/c10-6(11)4-5(12)7-8-2-1-3-9-7;3*1-2-4-6-5-3-1;/h1-3H,4H2,(H,10,11);3*1-5H;/q;;;;+1/p-1. The normalized spacial score (nSPS) is 9.81. The van der Waals surface area contributed by atoms with Gasteiger partial charge in [0.1, 0.15) is 0 Å². The van der Waals surface area contributed by atoms with Gasteiger partial charge in [-0.3, -0.25) is 0 Å². The summed E-state index contributed by atoms with van der Waals surface area (Å²) in [6.07, 6.45) is 2.70. The molecule has 4 rings (SSSR count). The van der Waals surface area contributed by atoms with Gasteiger partial charge in [-0.1, -0.05) is 12.2 Å². The quantitative estimate of drug-likeness (QED) is 0.215. The predicted octanol–water partition coefficient (Wildman–Crippen LogP) is 1.54. The Morgan fingerprint density at radius 1 is 0.710 bits per heavy atom. The molecule has 31 heavy (non-hydrogen) atoms. The second-order valence-electron chi connectivity index (χ2n) is 6.52. The summed E-state index contributed by atoms with van der Waals surface area (Å²) in [6.45, 7) is 0. The zero-order valence-electron chi connectivity index (χ0n) is 16.7. The van der Waals surface area contributed by atoms with E-state index < -0.39 is 25.7 Å². The molecule has 0 N–H and O–H groups in total. The van der Waals surface area contributed by atoms with Gasteiger partial charge in [-0.05, 0) is 6.07 Å². The van der Waals surface area contributed by atoms with E-state index >= 15 is 0 Å². The van der Waals surface area contributed by atoms with Crippen LogP contribution in [-0.2, 0) is 4.79 Å². The summed E-state index contributed by atoms with van der Waals surface area (Å²) in [5.41, 5.74) is 0. The molecular formula is C25H20N2O2SSn. The van der Waals surface area contributed by atoms with Crippen molar-refractivity contribution in [3.05, 3.63) is 115 Å². The molecule has 6 heteroatoms. The molecular weight excluding hydrogens is 511 g/mol. The van der Waals surface area contributed by atoms with Gasteiger partial charge in [-0.2, -0.15) is 0 Å². The summed E-state index contributed by atoms with van der Waals surface area (Å²) in [7, 11) is 0. The van der Waals surface area contributed by atoms with Crippen molar-refractivity contribution in [2.45, 2.75) is 6.42 Å². The molecule has 1 heterocycles. The fourth-order valence-electron chi connectivity index (χ4n) is 2.97. The minimum atomic E-state index is -1.98. The number of nitrogens with zero attached hydrogens (tertiary/aromatic N) is 2. The molecule has 0 bridgehead atoms. The number of aromatic nitrogens is 2. The summed E-state index contributed by atoms with van der Waals surface area (Å²) in [5, 5.41) is 10.1. The molecule has 3 aromatic carbocycles. The zero-order chi connectivity index (χ0) is 21.9. The molecule has 0 amide bonds. The fraction of sp³-hybridized carbons (Fsp3) is 0.0400. The Labute approximate surface area is 194 Å². The van der Waals surface area contributed by atoms with Crippen molar-refractivity contribution >= 4 is 53.5 Å². The second-order valence-corrected chi connectivity index (χ2v) is 14.1. The SMILES string of the molecule is O=C([O-])CC(=S)c1ncccn1.c1cc[c]([Sn+]([c]2ccccc2)[c]2ccccc2)cc1. The molecule has 0 radical (unpaired) electrons. The van der Waals surface area contributed by atoms with Crippen LogP contribution in [0, 0.1) is 0 Å². The minimum absolute atomic E-state index is 0.190. The van der Waals surface area contributed by atoms with Gasteiger partial charge in [-0.15, -0.1) is 0 Å². The van der Waals surface area contributed by atoms with Crippen molar-refractivity contribution in [3.8, 4) is 0 Å². The molecule has 4 aromatic rings. The van der Waals surface area contributed by atoms with Gasteiger partial charge in [0, 0.05) is 24.8 Å². The van der Waals surface area contributed by atoms with E-state index in [9.17, 15) is 9.90 Å². The monoisotopic (exact) mass is 532 g/mol. The van der Waals surface area contributed by atoms with Crippen LogP contribution in [0.3, 0.4) is 0 Å². The van der Waals surface area contributed by atoms with Crippen LogP contribution in [0.5, 0.6) is 0 Å². The molecule has 152 valence electrons. The van der Waals surface area contributed by atoms with Crippen molar-refractivity contribution < 1.29 is 9.90 Å². The number of carboxylic acid groups (broad SMARTS) is 1. The van der Waals surface area contributed by atoms with Crippen molar-refractivity contribution in [3.63, 3.8) is 0 Å². The van der Waals surface area contributed by atoms with E-state index in [1.165, 1.54) is 23.1 Å². The Kier molecular flexibility index (Phi) is 8.87. The van der Waals surface area contributed by atoms with Gasteiger partial charge < -0.3 is 9.90 Å². The van der Waals surface area contributed by atoms with Gasteiger partial charge >= 0.3 is 121 Å². The van der Waals surface area contributed by atoms with E-state index in [2.05, 4.69) is 101 Å². The Bertz CT molecular complexity index is 1000. The zero-order valence-corrected chi connectivity index (χ0v) is 20.4. The van der Waals surface area contributed by atoms with Crippen molar-refractivity contribution in [2.75, 3.05) is 0 Å². The maximum atomic E-state index is 10.1. The second kappa shape index (κ2) is 12.1. The Morgan fingerprint density at radius 3 is 1.45 bits per heavy atom. The van der Waals surface area contributed by atoms with Gasteiger partial charge in [0.05, 0.1) is 4.86 Å². The van der Waals surface area contributed by atoms with Gasteiger partial charge in [0.15, 0.2) is 5.82 Å². The summed E-state index contributed by atoms with van der Waals surface area (Å²) >= 11 is 2.77. The van der Waals surface area contributed by atoms with Crippen LogP contribution in [0.4, 0.5) is 0 Å². The van der Waals surface area contributed by atoms with Crippen LogP contribution >= 0.6 is 12.2 Å². The van der Waals surface area contributed by atoms with E-state index in [0.29, 0.717) is 0 Å². The molecule has 0 aliphatic carbocycles. The van der Waals surface area contributed by atoms with E-state index in [-0.39, 0.29) is 17.1 Å². The Hall–Kier alpha value is -2.90. The first-order valence-corrected chi connectivity index (χ1v) is 14.4. The number of benzene rings is 3. The predicted molar refractivity (Wildman–Crippen MR) is 127 cm³/mol. The van der Waals surface area contributed by atoms with E-state index in [4.69, 9.17) is 12.2 Å². The molecule has 0 aliphatic heterocycles. The van der Waals surface area contributed by atoms with E-state index in [1.54, 1.807) is 6.07 Å². The van der Waals surface area contributed by atoms with Gasteiger partial charge in [0.25, 0.3) is 0 Å². The molecule has 0 spiro atoms. The summed E-state index contributed by atoms with van der Waals surface area (Å²) < 4.78 is 4.59. The third-order valence-corrected chi connectivity index (χ3v) is 12.4. The maximum absolute atomic E-state index is 10.1. The number of hydrogen-bond donors (Lipinski definition) is 0. The van der Waals surface area contributed by atoms with Crippen LogP contribution in [0.1, 0.15) is 12.2 Å². The fourth-order valence-corrected chi connectivity index (χ4v) is 10.5. The molecule has 1 aromatic heterocycles. The van der Waals surface area contributed by atoms with Crippen molar-refractivity contribution in [2.24, 2.45) is 0 Å². The molecule has 0 fully saturated rings. The first kappa shape index (κ1) is 22.8. The summed E-state index contributed by atoms with van der Waals surface area (Å²) in [5.74, 6) is -0.941. The van der Waals surface area contributed by atoms with Crippen molar-refractivity contribution in [1.82, 2.24) is 9.97 Å². The summed E-state index contributed by atoms with van der Waals surface area (Å²) in [4.78, 5) is 17.9. The number of carbonyl (C=O) groups is 1. The van der Waals surface area contributed by atoms with Crippen LogP contribution < -0.4 is 15.8 Å².